The van der Waals surface area contributed by atoms with E-state index < -0.39 is 11.5 Å². The zero-order valence-corrected chi connectivity index (χ0v) is 9.56. The van der Waals surface area contributed by atoms with Crippen LogP contribution in [0.25, 0.3) is 0 Å². The number of carbonyl (C=O) groups is 1. The topological polar surface area (TPSA) is 81.3 Å². The van der Waals surface area contributed by atoms with Gasteiger partial charge in [-0.05, 0) is 19.8 Å². The van der Waals surface area contributed by atoms with Gasteiger partial charge in [0.2, 0.25) is 0 Å². The van der Waals surface area contributed by atoms with Crippen LogP contribution in [0.15, 0.2) is 11.0 Å². The Kier molecular flexibility index (Phi) is 3.53. The lowest BCUT2D eigenvalue weighted by atomic mass is 10.2. The molecule has 0 amide bonds. The maximum atomic E-state index is 11.7. The van der Waals surface area contributed by atoms with E-state index in [4.69, 9.17) is 9.47 Å². The average Bonchev–Trinajstić information content (AvgIpc) is 2.82. The van der Waals surface area contributed by atoms with Gasteiger partial charge in [-0.15, -0.1) is 0 Å². The summed E-state index contributed by atoms with van der Waals surface area (Å²) in [6, 6.07) is 0. The molecule has 6 nitrogen and oxygen atoms in total. The van der Waals surface area contributed by atoms with E-state index in [2.05, 4.69) is 9.97 Å². The number of hydrogen-bond acceptors (Lipinski definition) is 5. The Bertz CT molecular complexity index is 463. The molecule has 92 valence electrons. The minimum absolute atomic E-state index is 0.0754. The molecule has 1 saturated heterocycles. The van der Waals surface area contributed by atoms with Crippen molar-refractivity contribution < 1.29 is 14.3 Å². The SMILES string of the molecule is CCOC(=O)c1cnc(C2CCCO2)[nH]c1=O. The smallest absolute Gasteiger partial charge is 0.345 e. The first kappa shape index (κ1) is 11.8. The highest BCUT2D eigenvalue weighted by molar-refractivity contribution is 5.88. The lowest BCUT2D eigenvalue weighted by molar-refractivity contribution is 0.0522. The fourth-order valence-electron chi connectivity index (χ4n) is 1.72. The molecule has 1 atom stereocenters. The van der Waals surface area contributed by atoms with Gasteiger partial charge in [0.25, 0.3) is 5.56 Å². The Morgan fingerprint density at radius 3 is 3.12 bits per heavy atom. The Hall–Kier alpha value is -1.69. The normalized spacial score (nSPS) is 19.2. The molecule has 1 aromatic heterocycles. The van der Waals surface area contributed by atoms with Gasteiger partial charge in [0.15, 0.2) is 0 Å². The van der Waals surface area contributed by atoms with Crippen molar-refractivity contribution in [1.82, 2.24) is 9.97 Å². The summed E-state index contributed by atoms with van der Waals surface area (Å²) in [4.78, 5) is 29.7. The molecule has 0 aliphatic carbocycles. The van der Waals surface area contributed by atoms with Crippen LogP contribution < -0.4 is 5.56 Å². The van der Waals surface area contributed by atoms with Crippen LogP contribution in [0, 0.1) is 0 Å². The van der Waals surface area contributed by atoms with Gasteiger partial charge in [0.05, 0.1) is 6.61 Å². The minimum Gasteiger partial charge on any atom is -0.462 e. The second-order valence-electron chi connectivity index (χ2n) is 3.73. The summed E-state index contributed by atoms with van der Waals surface area (Å²) >= 11 is 0. The van der Waals surface area contributed by atoms with Gasteiger partial charge < -0.3 is 14.5 Å². The van der Waals surface area contributed by atoms with Crippen molar-refractivity contribution in [3.63, 3.8) is 0 Å². The zero-order chi connectivity index (χ0) is 12.3. The van der Waals surface area contributed by atoms with Gasteiger partial charge >= 0.3 is 5.97 Å². The van der Waals surface area contributed by atoms with Gasteiger partial charge in [0, 0.05) is 12.8 Å². The average molecular weight is 238 g/mol. The third-order valence-corrected chi connectivity index (χ3v) is 2.55. The predicted molar refractivity (Wildman–Crippen MR) is 58.7 cm³/mol. The molecule has 1 aliphatic rings. The number of esters is 1. The standard InChI is InChI=1S/C11H14N2O4/c1-2-16-11(15)7-6-12-9(13-10(7)14)8-4-3-5-17-8/h6,8H,2-5H2,1H3,(H,12,13,14). The van der Waals surface area contributed by atoms with Crippen LogP contribution in [-0.2, 0) is 9.47 Å². The van der Waals surface area contributed by atoms with Crippen molar-refractivity contribution in [2.45, 2.75) is 25.9 Å². The van der Waals surface area contributed by atoms with E-state index in [0.29, 0.717) is 12.4 Å². The van der Waals surface area contributed by atoms with E-state index in [1.807, 2.05) is 0 Å². The fraction of sp³-hybridized carbons (Fsp3) is 0.545. The quantitative estimate of drug-likeness (QED) is 0.787. The molecule has 17 heavy (non-hydrogen) atoms. The van der Waals surface area contributed by atoms with Gasteiger partial charge in [-0.1, -0.05) is 0 Å². The number of hydrogen-bond donors (Lipinski definition) is 1. The van der Waals surface area contributed by atoms with Crippen LogP contribution in [0.3, 0.4) is 0 Å². The molecule has 0 spiro atoms. The lowest BCUT2D eigenvalue weighted by Gasteiger charge is -2.08. The summed E-state index contributed by atoms with van der Waals surface area (Å²) in [5.74, 6) is -0.180. The maximum absolute atomic E-state index is 11.7. The second-order valence-corrected chi connectivity index (χ2v) is 3.73. The van der Waals surface area contributed by atoms with E-state index in [1.54, 1.807) is 6.92 Å². The number of ether oxygens (including phenoxy) is 2. The summed E-state index contributed by atoms with van der Waals surface area (Å²) in [5.41, 5.74) is -0.558. The Morgan fingerprint density at radius 1 is 1.71 bits per heavy atom. The summed E-state index contributed by atoms with van der Waals surface area (Å²) in [6.45, 7) is 2.58. The number of H-pyrrole nitrogens is 1. The van der Waals surface area contributed by atoms with Crippen molar-refractivity contribution >= 4 is 5.97 Å². The van der Waals surface area contributed by atoms with Gasteiger partial charge in [-0.2, -0.15) is 0 Å². The molecule has 0 radical (unpaired) electrons. The molecule has 0 saturated carbocycles. The minimum atomic E-state index is -0.653. The summed E-state index contributed by atoms with van der Waals surface area (Å²) in [7, 11) is 0. The Balaban J connectivity index is 2.22. The van der Waals surface area contributed by atoms with E-state index in [9.17, 15) is 9.59 Å². The third-order valence-electron chi connectivity index (χ3n) is 2.55. The van der Waals surface area contributed by atoms with Crippen molar-refractivity contribution in [3.8, 4) is 0 Å². The van der Waals surface area contributed by atoms with Gasteiger partial charge in [0.1, 0.15) is 17.5 Å². The van der Waals surface area contributed by atoms with Crippen molar-refractivity contribution in [2.75, 3.05) is 13.2 Å². The highest BCUT2D eigenvalue weighted by Gasteiger charge is 2.21. The molecule has 1 aliphatic heterocycles. The van der Waals surface area contributed by atoms with Crippen LogP contribution in [0.1, 0.15) is 42.1 Å². The first-order valence-corrected chi connectivity index (χ1v) is 5.60. The Labute approximate surface area is 98.0 Å². The van der Waals surface area contributed by atoms with Crippen LogP contribution >= 0.6 is 0 Å². The fourth-order valence-corrected chi connectivity index (χ4v) is 1.72. The number of nitrogens with zero attached hydrogens (tertiary/aromatic N) is 1. The molecule has 1 aromatic rings. The first-order valence-electron chi connectivity index (χ1n) is 5.60. The number of nitrogens with one attached hydrogen (secondary N) is 1. The van der Waals surface area contributed by atoms with Crippen LogP contribution in [0.2, 0.25) is 0 Å². The maximum Gasteiger partial charge on any atom is 0.345 e. The molecule has 1 fully saturated rings. The molecule has 1 unspecified atom stereocenters. The van der Waals surface area contributed by atoms with E-state index in [1.165, 1.54) is 6.20 Å². The second kappa shape index (κ2) is 5.09. The number of carbonyl (C=O) groups excluding carboxylic acids is 1. The molecule has 2 rings (SSSR count). The Morgan fingerprint density at radius 2 is 2.53 bits per heavy atom. The van der Waals surface area contributed by atoms with Crippen LogP contribution in [-0.4, -0.2) is 29.2 Å². The van der Waals surface area contributed by atoms with E-state index in [-0.39, 0.29) is 18.3 Å². The third kappa shape index (κ3) is 2.52. The highest BCUT2D eigenvalue weighted by Crippen LogP contribution is 2.24. The lowest BCUT2D eigenvalue weighted by Crippen LogP contribution is -2.23. The van der Waals surface area contributed by atoms with E-state index in [0.717, 1.165) is 12.8 Å². The van der Waals surface area contributed by atoms with Gasteiger partial charge in [-0.25, -0.2) is 9.78 Å². The van der Waals surface area contributed by atoms with E-state index >= 15 is 0 Å². The largest absolute Gasteiger partial charge is 0.462 e. The first-order chi connectivity index (χ1) is 8.22. The summed E-state index contributed by atoms with van der Waals surface area (Å²) in [5, 5.41) is 0. The molecule has 0 bridgehead atoms. The summed E-state index contributed by atoms with van der Waals surface area (Å²) < 4.78 is 10.1. The highest BCUT2D eigenvalue weighted by atomic mass is 16.5. The monoisotopic (exact) mass is 238 g/mol. The molecular formula is C11H14N2O4. The summed E-state index contributed by atoms with van der Waals surface area (Å²) in [6.07, 6.45) is 2.86. The number of aromatic nitrogens is 2. The number of aromatic amines is 1. The van der Waals surface area contributed by atoms with Crippen molar-refractivity contribution in [3.05, 3.63) is 27.9 Å². The van der Waals surface area contributed by atoms with Gasteiger partial charge in [-0.3, -0.25) is 4.79 Å². The number of rotatable bonds is 3. The molecule has 6 heteroatoms. The molecule has 2 heterocycles. The molecule has 1 N–H and O–H groups in total. The molecule has 0 aromatic carbocycles. The zero-order valence-electron chi connectivity index (χ0n) is 9.56. The van der Waals surface area contributed by atoms with Crippen molar-refractivity contribution in [1.29, 1.82) is 0 Å². The molecular weight excluding hydrogens is 224 g/mol. The predicted octanol–water partition coefficient (Wildman–Crippen LogP) is 0.798. The van der Waals surface area contributed by atoms with Crippen LogP contribution in [0.5, 0.6) is 0 Å². The van der Waals surface area contributed by atoms with Crippen LogP contribution in [0.4, 0.5) is 0 Å². The van der Waals surface area contributed by atoms with Crippen molar-refractivity contribution in [2.24, 2.45) is 0 Å².